The van der Waals surface area contributed by atoms with Crippen LogP contribution in [0.15, 0.2) is 24.3 Å². The minimum absolute atomic E-state index is 0.0162. The van der Waals surface area contributed by atoms with Crippen LogP contribution >= 0.6 is 0 Å². The van der Waals surface area contributed by atoms with E-state index in [0.717, 1.165) is 11.3 Å². The second-order valence-corrected chi connectivity index (χ2v) is 4.23. The molecule has 0 radical (unpaired) electrons. The number of nitrogens with one attached hydrogen (secondary N) is 1. The Kier molecular flexibility index (Phi) is 5.49. The lowest BCUT2D eigenvalue weighted by atomic mass is 10.1. The van der Waals surface area contributed by atoms with E-state index >= 15 is 0 Å². The lowest BCUT2D eigenvalue weighted by Gasteiger charge is -2.06. The van der Waals surface area contributed by atoms with Crippen molar-refractivity contribution in [3.05, 3.63) is 29.8 Å². The molecule has 0 spiro atoms. The number of aliphatic hydroxyl groups is 1. The van der Waals surface area contributed by atoms with Gasteiger partial charge in [-0.1, -0.05) is 12.1 Å². The third-order valence-electron chi connectivity index (χ3n) is 2.50. The Morgan fingerprint density at radius 3 is 2.65 bits per heavy atom. The van der Waals surface area contributed by atoms with Gasteiger partial charge in [0.15, 0.2) is 0 Å². The van der Waals surface area contributed by atoms with Crippen LogP contribution in [0.5, 0.6) is 0 Å². The maximum atomic E-state index is 11.4. The van der Waals surface area contributed by atoms with Crippen molar-refractivity contribution < 1.29 is 9.90 Å². The van der Waals surface area contributed by atoms with Gasteiger partial charge in [-0.05, 0) is 37.5 Å². The van der Waals surface area contributed by atoms with Crippen molar-refractivity contribution in [1.29, 1.82) is 0 Å². The third-order valence-corrected chi connectivity index (χ3v) is 2.50. The molecule has 0 bridgehead atoms. The molecule has 17 heavy (non-hydrogen) atoms. The summed E-state index contributed by atoms with van der Waals surface area (Å²) in [4.78, 5) is 11.4. The molecule has 0 heterocycles. The molecule has 0 saturated carbocycles. The van der Waals surface area contributed by atoms with Gasteiger partial charge < -0.3 is 16.2 Å². The van der Waals surface area contributed by atoms with E-state index in [1.165, 1.54) is 0 Å². The highest BCUT2D eigenvalue weighted by atomic mass is 16.3. The minimum Gasteiger partial charge on any atom is -0.399 e. The molecule has 1 rings (SSSR count). The van der Waals surface area contributed by atoms with Crippen molar-refractivity contribution in [2.24, 2.45) is 0 Å². The van der Waals surface area contributed by atoms with E-state index in [1.807, 2.05) is 24.3 Å². The van der Waals surface area contributed by atoms with Crippen LogP contribution in [0.4, 0.5) is 5.69 Å². The molecule has 1 amide bonds. The van der Waals surface area contributed by atoms with E-state index in [4.69, 9.17) is 10.8 Å². The lowest BCUT2D eigenvalue weighted by molar-refractivity contribution is -0.121. The molecule has 0 fully saturated rings. The highest BCUT2D eigenvalue weighted by Crippen LogP contribution is 2.07. The minimum atomic E-state index is -0.368. The number of aliphatic hydroxyl groups excluding tert-OH is 1. The zero-order chi connectivity index (χ0) is 12.7. The van der Waals surface area contributed by atoms with E-state index in [0.29, 0.717) is 25.8 Å². The Bertz CT molecular complexity index is 347. The first-order valence-corrected chi connectivity index (χ1v) is 5.87. The standard InChI is InChI=1S/C13H20N2O2/c1-10(16)8-9-15-13(17)7-4-11-2-5-12(14)6-3-11/h2-3,5-6,10,16H,4,7-9,14H2,1H3,(H,15,17). The number of rotatable bonds is 6. The molecule has 4 nitrogen and oxygen atoms in total. The number of aryl methyl sites for hydroxylation is 1. The van der Waals surface area contributed by atoms with E-state index in [1.54, 1.807) is 6.92 Å². The summed E-state index contributed by atoms with van der Waals surface area (Å²) in [6.07, 6.45) is 1.39. The first-order valence-electron chi connectivity index (χ1n) is 5.87. The number of nitrogens with two attached hydrogens (primary N) is 1. The summed E-state index contributed by atoms with van der Waals surface area (Å²) < 4.78 is 0. The number of hydrogen-bond donors (Lipinski definition) is 3. The van der Waals surface area contributed by atoms with Gasteiger partial charge in [0.25, 0.3) is 0 Å². The Morgan fingerprint density at radius 2 is 2.06 bits per heavy atom. The van der Waals surface area contributed by atoms with E-state index in [-0.39, 0.29) is 12.0 Å². The summed E-state index contributed by atoms with van der Waals surface area (Å²) in [7, 11) is 0. The second-order valence-electron chi connectivity index (χ2n) is 4.23. The monoisotopic (exact) mass is 236 g/mol. The maximum absolute atomic E-state index is 11.4. The summed E-state index contributed by atoms with van der Waals surface area (Å²) in [6.45, 7) is 2.23. The first-order chi connectivity index (χ1) is 8.08. The Labute approximate surface area is 102 Å². The van der Waals surface area contributed by atoms with Crippen LogP contribution in [0.1, 0.15) is 25.3 Å². The molecule has 0 aliphatic carbocycles. The summed E-state index contributed by atoms with van der Waals surface area (Å²) in [6, 6.07) is 7.53. The summed E-state index contributed by atoms with van der Waals surface area (Å²) in [5, 5.41) is 11.8. The molecule has 0 saturated heterocycles. The molecule has 94 valence electrons. The quantitative estimate of drug-likeness (QED) is 0.647. The van der Waals surface area contributed by atoms with Crippen molar-refractivity contribution in [1.82, 2.24) is 5.32 Å². The van der Waals surface area contributed by atoms with Crippen molar-refractivity contribution in [3.8, 4) is 0 Å². The van der Waals surface area contributed by atoms with Crippen LogP contribution < -0.4 is 11.1 Å². The number of hydrogen-bond acceptors (Lipinski definition) is 3. The fourth-order valence-corrected chi connectivity index (χ4v) is 1.45. The zero-order valence-electron chi connectivity index (χ0n) is 10.1. The summed E-state index contributed by atoms with van der Waals surface area (Å²) in [5.41, 5.74) is 7.41. The number of nitrogen functional groups attached to an aromatic ring is 1. The number of anilines is 1. The molecule has 1 aromatic carbocycles. The predicted octanol–water partition coefficient (Wildman–Crippen LogP) is 1.09. The van der Waals surface area contributed by atoms with E-state index < -0.39 is 0 Å². The molecular weight excluding hydrogens is 216 g/mol. The van der Waals surface area contributed by atoms with Gasteiger partial charge in [0, 0.05) is 18.7 Å². The number of carbonyl (C=O) groups is 1. The van der Waals surface area contributed by atoms with Crippen LogP contribution in [0, 0.1) is 0 Å². The van der Waals surface area contributed by atoms with Crippen molar-refractivity contribution in [2.45, 2.75) is 32.3 Å². The van der Waals surface area contributed by atoms with Crippen LogP contribution in [0.3, 0.4) is 0 Å². The van der Waals surface area contributed by atoms with Crippen LogP contribution in [-0.4, -0.2) is 23.7 Å². The predicted molar refractivity (Wildman–Crippen MR) is 68.5 cm³/mol. The third kappa shape index (κ3) is 5.92. The number of benzene rings is 1. The summed E-state index contributed by atoms with van der Waals surface area (Å²) in [5.74, 6) is 0.0162. The molecule has 4 N–H and O–H groups in total. The second kappa shape index (κ2) is 6.91. The first kappa shape index (κ1) is 13.5. The Balaban J connectivity index is 2.21. The zero-order valence-corrected chi connectivity index (χ0v) is 10.1. The smallest absolute Gasteiger partial charge is 0.220 e. The SMILES string of the molecule is CC(O)CCNC(=O)CCc1ccc(N)cc1. The van der Waals surface area contributed by atoms with E-state index in [9.17, 15) is 4.79 Å². The van der Waals surface area contributed by atoms with Gasteiger partial charge in [-0.25, -0.2) is 0 Å². The largest absolute Gasteiger partial charge is 0.399 e. The van der Waals surface area contributed by atoms with Gasteiger partial charge in [-0.2, -0.15) is 0 Å². The average molecular weight is 236 g/mol. The normalized spacial score (nSPS) is 12.1. The number of amides is 1. The van der Waals surface area contributed by atoms with Crippen molar-refractivity contribution >= 4 is 11.6 Å². The van der Waals surface area contributed by atoms with Gasteiger partial charge in [0.1, 0.15) is 0 Å². The molecule has 1 aromatic rings. The fraction of sp³-hybridized carbons (Fsp3) is 0.462. The van der Waals surface area contributed by atoms with Gasteiger partial charge in [0.2, 0.25) is 5.91 Å². The maximum Gasteiger partial charge on any atom is 0.220 e. The van der Waals surface area contributed by atoms with Crippen LogP contribution in [0.2, 0.25) is 0 Å². The average Bonchev–Trinajstić information content (AvgIpc) is 2.28. The molecule has 0 aromatic heterocycles. The van der Waals surface area contributed by atoms with E-state index in [2.05, 4.69) is 5.32 Å². The van der Waals surface area contributed by atoms with Gasteiger partial charge in [-0.15, -0.1) is 0 Å². The van der Waals surface area contributed by atoms with Gasteiger partial charge in [0.05, 0.1) is 6.10 Å². The highest BCUT2D eigenvalue weighted by molar-refractivity contribution is 5.76. The molecule has 0 aliphatic rings. The van der Waals surface area contributed by atoms with Crippen molar-refractivity contribution in [2.75, 3.05) is 12.3 Å². The molecule has 0 aliphatic heterocycles. The van der Waals surface area contributed by atoms with Crippen LogP contribution in [-0.2, 0) is 11.2 Å². The molecule has 4 heteroatoms. The number of carbonyl (C=O) groups excluding carboxylic acids is 1. The topological polar surface area (TPSA) is 75.3 Å². The van der Waals surface area contributed by atoms with Crippen molar-refractivity contribution in [3.63, 3.8) is 0 Å². The molecular formula is C13H20N2O2. The highest BCUT2D eigenvalue weighted by Gasteiger charge is 2.02. The lowest BCUT2D eigenvalue weighted by Crippen LogP contribution is -2.26. The molecule has 1 atom stereocenters. The molecule has 1 unspecified atom stereocenters. The van der Waals surface area contributed by atoms with Crippen LogP contribution in [0.25, 0.3) is 0 Å². The van der Waals surface area contributed by atoms with Gasteiger partial charge in [-0.3, -0.25) is 4.79 Å². The van der Waals surface area contributed by atoms with Gasteiger partial charge >= 0.3 is 0 Å². The summed E-state index contributed by atoms with van der Waals surface area (Å²) >= 11 is 0. The Hall–Kier alpha value is -1.55. The fourth-order valence-electron chi connectivity index (χ4n) is 1.45. The Morgan fingerprint density at radius 1 is 1.41 bits per heavy atom.